The number of pyridine rings is 1. The van der Waals surface area contributed by atoms with E-state index < -0.39 is 5.92 Å². The number of aryl methyl sites for hydroxylation is 1. The van der Waals surface area contributed by atoms with Crippen molar-refractivity contribution in [3.05, 3.63) is 60.2 Å². The molecule has 0 bridgehead atoms. The predicted octanol–water partition coefficient (Wildman–Crippen LogP) is 3.80. The molecule has 280 valence electrons. The molecule has 3 saturated heterocycles. The largest absolute Gasteiger partial charge is 0.368 e. The molecule has 5 aromatic rings. The van der Waals surface area contributed by atoms with Crippen molar-refractivity contribution in [2.75, 3.05) is 68.5 Å². The maximum absolute atomic E-state index is 13.1. The van der Waals surface area contributed by atoms with Gasteiger partial charge >= 0.3 is 0 Å². The Bertz CT molecular complexity index is 2240. The Balaban J connectivity index is 0.819. The zero-order chi connectivity index (χ0) is 37.1. The number of piperazine rings is 1. The van der Waals surface area contributed by atoms with E-state index in [2.05, 4.69) is 47.0 Å². The highest BCUT2D eigenvalue weighted by molar-refractivity contribution is 6.04. The topological polar surface area (TPSA) is 150 Å². The first-order chi connectivity index (χ1) is 26.2. The molecular formula is C39H46N12O3. The van der Waals surface area contributed by atoms with Crippen LogP contribution in [0.25, 0.3) is 21.9 Å². The van der Waals surface area contributed by atoms with E-state index in [-0.39, 0.29) is 23.8 Å². The molecule has 0 unspecified atom stereocenters. The van der Waals surface area contributed by atoms with Crippen molar-refractivity contribution in [3.63, 3.8) is 0 Å². The third-order valence-electron chi connectivity index (χ3n) is 11.7. The minimum atomic E-state index is -0.413. The first-order valence-corrected chi connectivity index (χ1v) is 19.1. The van der Waals surface area contributed by atoms with Crippen molar-refractivity contribution in [2.24, 2.45) is 7.05 Å². The number of imide groups is 1. The molecule has 15 nitrogen and oxygen atoms in total. The average molecular weight is 731 g/mol. The van der Waals surface area contributed by atoms with Crippen LogP contribution >= 0.6 is 0 Å². The van der Waals surface area contributed by atoms with Gasteiger partial charge in [0.15, 0.2) is 0 Å². The lowest BCUT2D eigenvalue weighted by Crippen LogP contribution is -2.63. The summed E-state index contributed by atoms with van der Waals surface area (Å²) in [6.07, 6.45) is 8.91. The van der Waals surface area contributed by atoms with Gasteiger partial charge < -0.3 is 24.6 Å². The standard InChI is InChI=1S/C39H46N12O3/c1-46(2)38(54)31-19-24-20-41-39(44-36(24)51(31)25-7-4-5-8-25)42-32-13-11-26(21-40-32)48-15-17-49(18-16-48)27-22-50(23-27)30-10-6-9-28-34(45-47(3)35(28)30)29-12-14-33(52)43-37(29)53/h6,9-11,13,19-21,25,27,29H,4-5,7-8,12,14-18,22-23H2,1-3H3,(H,43,52,53)(H,40,41,42,44)/t29-/m1/s1. The lowest BCUT2D eigenvalue weighted by Gasteiger charge is -2.49. The number of hydrogen-bond donors (Lipinski definition) is 2. The van der Waals surface area contributed by atoms with E-state index in [1.807, 2.05) is 42.2 Å². The van der Waals surface area contributed by atoms with Gasteiger partial charge in [-0.15, -0.1) is 0 Å². The number of aromatic nitrogens is 6. The normalized spacial score (nSPS) is 20.2. The first-order valence-electron chi connectivity index (χ1n) is 19.1. The Morgan fingerprint density at radius 3 is 2.44 bits per heavy atom. The number of para-hydroxylation sites is 1. The summed E-state index contributed by atoms with van der Waals surface area (Å²) in [5.41, 5.74) is 5.44. The second-order valence-electron chi connectivity index (χ2n) is 15.3. The zero-order valence-electron chi connectivity index (χ0n) is 31.0. The molecule has 4 aliphatic rings. The molecular weight excluding hydrogens is 685 g/mol. The summed E-state index contributed by atoms with van der Waals surface area (Å²) < 4.78 is 4.01. The third-order valence-corrected chi connectivity index (χ3v) is 11.7. The van der Waals surface area contributed by atoms with Crippen molar-refractivity contribution in [2.45, 2.75) is 56.5 Å². The number of nitrogens with one attached hydrogen (secondary N) is 2. The SMILES string of the molecule is CN(C)C(=O)c1cc2cnc(Nc3ccc(N4CCN(C5CN(c6cccc7c([C@H]8CCC(=O)NC8=O)nn(C)c67)C5)CC4)cn3)nc2n1C1CCCC1. The quantitative estimate of drug-likeness (QED) is 0.225. The van der Waals surface area contributed by atoms with E-state index in [1.54, 1.807) is 25.2 Å². The minimum absolute atomic E-state index is 0.0238. The number of hydrogen-bond acceptors (Lipinski definition) is 11. The summed E-state index contributed by atoms with van der Waals surface area (Å²) in [4.78, 5) is 60.6. The van der Waals surface area contributed by atoms with Crippen molar-refractivity contribution >= 4 is 62.8 Å². The third kappa shape index (κ3) is 6.09. The van der Waals surface area contributed by atoms with Crippen LogP contribution in [-0.2, 0) is 16.6 Å². The minimum Gasteiger partial charge on any atom is -0.368 e. The van der Waals surface area contributed by atoms with Gasteiger partial charge in [0.1, 0.15) is 17.2 Å². The van der Waals surface area contributed by atoms with Gasteiger partial charge in [-0.2, -0.15) is 10.1 Å². The molecule has 0 spiro atoms. The number of anilines is 4. The summed E-state index contributed by atoms with van der Waals surface area (Å²) >= 11 is 0. The highest BCUT2D eigenvalue weighted by atomic mass is 16.2. The summed E-state index contributed by atoms with van der Waals surface area (Å²) in [5, 5.41) is 12.4. The Hall–Kier alpha value is -5.57. The van der Waals surface area contributed by atoms with Crippen LogP contribution in [0.3, 0.4) is 0 Å². The number of amides is 3. The van der Waals surface area contributed by atoms with Gasteiger partial charge in [0.2, 0.25) is 17.8 Å². The van der Waals surface area contributed by atoms with E-state index in [9.17, 15) is 14.4 Å². The highest BCUT2D eigenvalue weighted by Crippen LogP contribution is 2.38. The van der Waals surface area contributed by atoms with Crippen molar-refractivity contribution < 1.29 is 14.4 Å². The summed E-state index contributed by atoms with van der Waals surface area (Å²) in [5.74, 6) is 0.219. The number of carbonyl (C=O) groups is 3. The smallest absolute Gasteiger partial charge is 0.270 e. The molecule has 2 N–H and O–H groups in total. The molecule has 7 heterocycles. The second kappa shape index (κ2) is 13.7. The number of fused-ring (bicyclic) bond motifs is 2. The lowest BCUT2D eigenvalue weighted by atomic mass is 9.92. The van der Waals surface area contributed by atoms with E-state index in [0.717, 1.165) is 104 Å². The predicted molar refractivity (Wildman–Crippen MR) is 206 cm³/mol. The molecule has 3 amide bonds. The molecule has 1 saturated carbocycles. The maximum atomic E-state index is 13.1. The summed E-state index contributed by atoms with van der Waals surface area (Å²) in [7, 11) is 5.50. The van der Waals surface area contributed by atoms with E-state index >= 15 is 0 Å². The Labute approximate surface area is 313 Å². The average Bonchev–Trinajstić information content (AvgIpc) is 3.89. The fourth-order valence-corrected chi connectivity index (χ4v) is 8.79. The molecule has 1 aromatic carbocycles. The van der Waals surface area contributed by atoms with Gasteiger partial charge in [-0.05, 0) is 43.5 Å². The van der Waals surface area contributed by atoms with Crippen molar-refractivity contribution in [3.8, 4) is 0 Å². The fraction of sp³-hybridized carbons (Fsp3) is 0.462. The first kappa shape index (κ1) is 34.2. The molecule has 54 heavy (non-hydrogen) atoms. The van der Waals surface area contributed by atoms with E-state index in [4.69, 9.17) is 15.1 Å². The lowest BCUT2D eigenvalue weighted by molar-refractivity contribution is -0.134. The Morgan fingerprint density at radius 1 is 0.926 bits per heavy atom. The number of piperidine rings is 1. The van der Waals surface area contributed by atoms with Gasteiger partial charge in [0.05, 0.1) is 34.7 Å². The molecule has 4 fully saturated rings. The van der Waals surface area contributed by atoms with E-state index in [0.29, 0.717) is 36.3 Å². The molecule has 3 aliphatic heterocycles. The van der Waals surface area contributed by atoms with Gasteiger partial charge in [-0.3, -0.25) is 29.3 Å². The highest BCUT2D eigenvalue weighted by Gasteiger charge is 2.37. The van der Waals surface area contributed by atoms with Gasteiger partial charge in [0, 0.05) is 95.9 Å². The van der Waals surface area contributed by atoms with Crippen LogP contribution in [-0.4, -0.2) is 116 Å². The van der Waals surface area contributed by atoms with Crippen LogP contribution in [0.2, 0.25) is 0 Å². The molecule has 15 heteroatoms. The molecule has 4 aromatic heterocycles. The molecule has 1 aliphatic carbocycles. The maximum Gasteiger partial charge on any atom is 0.270 e. The van der Waals surface area contributed by atoms with Crippen molar-refractivity contribution in [1.29, 1.82) is 0 Å². The van der Waals surface area contributed by atoms with Crippen LogP contribution in [0.1, 0.15) is 66.7 Å². The van der Waals surface area contributed by atoms with Gasteiger partial charge in [-0.25, -0.2) is 9.97 Å². The molecule has 1 atom stereocenters. The molecule has 9 rings (SSSR count). The van der Waals surface area contributed by atoms with Gasteiger partial charge in [0.25, 0.3) is 5.91 Å². The number of nitrogens with zero attached hydrogens (tertiary/aromatic N) is 10. The fourth-order valence-electron chi connectivity index (χ4n) is 8.79. The van der Waals surface area contributed by atoms with Crippen LogP contribution in [0.5, 0.6) is 0 Å². The Kier molecular flexibility index (Phi) is 8.67. The monoisotopic (exact) mass is 730 g/mol. The van der Waals surface area contributed by atoms with Crippen LogP contribution < -0.4 is 20.4 Å². The van der Waals surface area contributed by atoms with Crippen LogP contribution in [0.4, 0.5) is 23.1 Å². The molecule has 0 radical (unpaired) electrons. The van der Waals surface area contributed by atoms with E-state index in [1.165, 1.54) is 0 Å². The Morgan fingerprint density at radius 2 is 1.72 bits per heavy atom. The number of carbonyl (C=O) groups excluding carboxylic acids is 3. The van der Waals surface area contributed by atoms with Crippen LogP contribution in [0, 0.1) is 0 Å². The summed E-state index contributed by atoms with van der Waals surface area (Å²) in [6, 6.07) is 12.9. The van der Waals surface area contributed by atoms with Gasteiger partial charge in [-0.1, -0.05) is 25.0 Å². The number of rotatable bonds is 8. The van der Waals surface area contributed by atoms with Crippen LogP contribution in [0.15, 0.2) is 48.8 Å². The second-order valence-corrected chi connectivity index (χ2v) is 15.3. The van der Waals surface area contributed by atoms with Crippen molar-refractivity contribution in [1.82, 2.24) is 44.4 Å². The number of benzene rings is 1. The summed E-state index contributed by atoms with van der Waals surface area (Å²) in [6.45, 7) is 5.66. The zero-order valence-corrected chi connectivity index (χ0v) is 31.0.